The molecule has 0 amide bonds. The maximum Gasteiger partial charge on any atom is 0.434 e. The van der Waals surface area contributed by atoms with Gasteiger partial charge in [0.25, 0.3) is 6.43 Å². The monoisotopic (exact) mass is 392 g/mol. The summed E-state index contributed by atoms with van der Waals surface area (Å²) < 4.78 is 118. The number of rotatable bonds is 3. The highest BCUT2D eigenvalue weighted by Crippen LogP contribution is 2.51. The van der Waals surface area contributed by atoms with E-state index in [2.05, 4.69) is 0 Å². The first-order chi connectivity index (χ1) is 7.26. The molecule has 0 aliphatic carbocycles. The van der Waals surface area contributed by atoms with Crippen LogP contribution < -0.4 is 0 Å². The molecule has 0 aromatic carbocycles. The van der Waals surface area contributed by atoms with Gasteiger partial charge in [0.1, 0.15) is 3.92 Å². The maximum atomic E-state index is 12.8. The van der Waals surface area contributed by atoms with Crippen molar-refractivity contribution in [2.75, 3.05) is 0 Å². The smallest absolute Gasteiger partial charge is 0.242 e. The highest BCUT2D eigenvalue weighted by molar-refractivity contribution is 14.1. The SMILES string of the molecule is FC(F)C(I)C(F)C(F)(C(F)(F)F)C(F)(F)F. The molecule has 2 unspecified atom stereocenters. The van der Waals surface area contributed by atoms with Gasteiger partial charge in [0.15, 0.2) is 6.17 Å². The van der Waals surface area contributed by atoms with Crippen molar-refractivity contribution in [1.82, 2.24) is 0 Å². The van der Waals surface area contributed by atoms with Crippen LogP contribution in [0.4, 0.5) is 43.9 Å². The van der Waals surface area contributed by atoms with Crippen molar-refractivity contribution < 1.29 is 43.9 Å². The van der Waals surface area contributed by atoms with E-state index in [1.54, 1.807) is 0 Å². The second kappa shape index (κ2) is 4.96. The van der Waals surface area contributed by atoms with E-state index in [-0.39, 0.29) is 0 Å². The molecule has 0 aliphatic rings. The van der Waals surface area contributed by atoms with E-state index in [9.17, 15) is 43.9 Å². The van der Waals surface area contributed by atoms with Gasteiger partial charge in [-0.3, -0.25) is 0 Å². The van der Waals surface area contributed by atoms with Gasteiger partial charge in [0, 0.05) is 0 Å². The van der Waals surface area contributed by atoms with Crippen LogP contribution in [0.1, 0.15) is 0 Å². The molecule has 11 heteroatoms. The van der Waals surface area contributed by atoms with E-state index in [1.807, 2.05) is 0 Å². The predicted molar refractivity (Wildman–Crippen MR) is 44.7 cm³/mol. The summed E-state index contributed by atoms with van der Waals surface area (Å²) >= 11 is 0.298. The minimum atomic E-state index is -6.68. The lowest BCUT2D eigenvalue weighted by Crippen LogP contribution is -2.62. The van der Waals surface area contributed by atoms with Gasteiger partial charge in [-0.05, 0) is 0 Å². The fraction of sp³-hybridized carbons (Fsp3) is 1.00. The Labute approximate surface area is 101 Å². The van der Waals surface area contributed by atoms with Crippen molar-refractivity contribution in [3.05, 3.63) is 0 Å². The molecule has 0 saturated carbocycles. The Bertz CT molecular complexity index is 241. The molecule has 0 rings (SSSR count). The zero-order valence-electron chi connectivity index (χ0n) is 7.39. The van der Waals surface area contributed by atoms with Gasteiger partial charge in [0.2, 0.25) is 0 Å². The summed E-state index contributed by atoms with van der Waals surface area (Å²) in [5.41, 5.74) is -6.32. The normalized spacial score (nSPS) is 18.4. The van der Waals surface area contributed by atoms with Gasteiger partial charge >= 0.3 is 18.0 Å². The summed E-state index contributed by atoms with van der Waals surface area (Å²) in [4.78, 5) is 0. The minimum absolute atomic E-state index is 0.298. The van der Waals surface area contributed by atoms with Gasteiger partial charge in [-0.2, -0.15) is 26.3 Å². The zero-order valence-corrected chi connectivity index (χ0v) is 9.55. The van der Waals surface area contributed by atoms with Crippen LogP contribution in [-0.2, 0) is 0 Å². The van der Waals surface area contributed by atoms with Crippen LogP contribution >= 0.6 is 22.6 Å². The molecular formula is C6H3F10I. The van der Waals surface area contributed by atoms with E-state index in [0.29, 0.717) is 22.6 Å². The van der Waals surface area contributed by atoms with E-state index in [0.717, 1.165) is 0 Å². The second-order valence-corrected chi connectivity index (χ2v) is 4.33. The third-order valence-corrected chi connectivity index (χ3v) is 2.90. The van der Waals surface area contributed by atoms with Gasteiger partial charge < -0.3 is 0 Å². The van der Waals surface area contributed by atoms with Crippen LogP contribution in [0.5, 0.6) is 0 Å². The fourth-order valence-corrected chi connectivity index (χ4v) is 1.32. The molecular weight excluding hydrogens is 389 g/mol. The van der Waals surface area contributed by atoms with Gasteiger partial charge in [0.05, 0.1) is 0 Å². The number of alkyl halides is 11. The Morgan fingerprint density at radius 3 is 1.18 bits per heavy atom. The quantitative estimate of drug-likeness (QED) is 0.384. The average Bonchev–Trinajstić information content (AvgIpc) is 2.10. The van der Waals surface area contributed by atoms with Crippen molar-refractivity contribution >= 4 is 22.6 Å². The number of halogens is 11. The van der Waals surface area contributed by atoms with Crippen LogP contribution in [0.2, 0.25) is 0 Å². The lowest BCUT2D eigenvalue weighted by Gasteiger charge is -2.34. The van der Waals surface area contributed by atoms with Crippen LogP contribution in [0.15, 0.2) is 0 Å². The van der Waals surface area contributed by atoms with Gasteiger partial charge in [-0.15, -0.1) is 0 Å². The lowest BCUT2D eigenvalue weighted by atomic mass is 9.96. The zero-order chi connectivity index (χ0) is 14.2. The third kappa shape index (κ3) is 3.08. The van der Waals surface area contributed by atoms with Crippen molar-refractivity contribution in [3.8, 4) is 0 Å². The summed E-state index contributed by atoms with van der Waals surface area (Å²) in [5, 5.41) is 0. The van der Waals surface area contributed by atoms with Crippen molar-refractivity contribution in [2.45, 2.75) is 34.5 Å². The fourth-order valence-electron chi connectivity index (χ4n) is 0.821. The Balaban J connectivity index is 5.52. The van der Waals surface area contributed by atoms with Crippen LogP contribution in [0.3, 0.4) is 0 Å². The van der Waals surface area contributed by atoms with Gasteiger partial charge in [-0.1, -0.05) is 22.6 Å². The topological polar surface area (TPSA) is 0 Å². The third-order valence-electron chi connectivity index (χ3n) is 1.73. The highest BCUT2D eigenvalue weighted by atomic mass is 127. The Morgan fingerprint density at radius 2 is 1.00 bits per heavy atom. The molecule has 0 saturated heterocycles. The molecule has 0 bridgehead atoms. The van der Waals surface area contributed by atoms with Gasteiger partial charge in [-0.25, -0.2) is 17.6 Å². The molecule has 0 heterocycles. The standard InChI is InChI=1S/C6H3F10I/c7-2(1(17)3(8)9)4(10,5(11,12)13)6(14,15)16/h1-3H. The maximum absolute atomic E-state index is 12.8. The summed E-state index contributed by atoms with van der Waals surface area (Å²) in [6, 6.07) is 0. The molecule has 0 nitrogen and oxygen atoms in total. The molecule has 2 atom stereocenters. The first-order valence-electron chi connectivity index (χ1n) is 3.65. The van der Waals surface area contributed by atoms with Crippen molar-refractivity contribution in [3.63, 3.8) is 0 Å². The molecule has 104 valence electrons. The van der Waals surface area contributed by atoms with Crippen molar-refractivity contribution in [2.24, 2.45) is 0 Å². The molecule has 0 N–H and O–H groups in total. The molecule has 17 heavy (non-hydrogen) atoms. The second-order valence-electron chi connectivity index (χ2n) is 2.89. The van der Waals surface area contributed by atoms with E-state index >= 15 is 0 Å². The lowest BCUT2D eigenvalue weighted by molar-refractivity contribution is -0.358. The van der Waals surface area contributed by atoms with Crippen LogP contribution in [0, 0.1) is 0 Å². The summed E-state index contributed by atoms with van der Waals surface area (Å²) in [6.45, 7) is 0. The van der Waals surface area contributed by atoms with E-state index < -0.39 is 34.5 Å². The van der Waals surface area contributed by atoms with E-state index in [1.165, 1.54) is 0 Å². The summed E-state index contributed by atoms with van der Waals surface area (Å²) in [6.07, 6.45) is -21.7. The number of hydrogen-bond donors (Lipinski definition) is 0. The van der Waals surface area contributed by atoms with Crippen molar-refractivity contribution in [1.29, 1.82) is 0 Å². The molecule has 0 spiro atoms. The Morgan fingerprint density at radius 1 is 0.706 bits per heavy atom. The first-order valence-corrected chi connectivity index (χ1v) is 4.90. The molecule has 0 aromatic rings. The van der Waals surface area contributed by atoms with Crippen LogP contribution in [0.25, 0.3) is 0 Å². The molecule has 0 aliphatic heterocycles. The number of hydrogen-bond acceptors (Lipinski definition) is 0. The predicted octanol–water partition coefficient (Wildman–Crippen LogP) is 4.23. The largest absolute Gasteiger partial charge is 0.434 e. The van der Waals surface area contributed by atoms with Crippen LogP contribution in [-0.4, -0.2) is 34.5 Å². The molecule has 0 radical (unpaired) electrons. The Hall–Kier alpha value is 0.0300. The summed E-state index contributed by atoms with van der Waals surface area (Å²) in [5.74, 6) is 0. The minimum Gasteiger partial charge on any atom is -0.242 e. The average molecular weight is 392 g/mol. The van der Waals surface area contributed by atoms with E-state index in [4.69, 9.17) is 0 Å². The highest BCUT2D eigenvalue weighted by Gasteiger charge is 2.78. The molecule has 0 aromatic heterocycles. The first kappa shape index (κ1) is 17.0. The molecule has 0 fully saturated rings. The summed E-state index contributed by atoms with van der Waals surface area (Å²) in [7, 11) is 0. The Kier molecular flexibility index (Phi) is 4.97.